The minimum atomic E-state index is 0.252. The Labute approximate surface area is 129 Å². The molecule has 4 aliphatic carbocycles. The van der Waals surface area contributed by atoms with Gasteiger partial charge in [0.25, 0.3) is 0 Å². The molecule has 5 atom stereocenters. The summed E-state index contributed by atoms with van der Waals surface area (Å²) >= 11 is 0. The first-order valence-electron chi connectivity index (χ1n) is 9.08. The topological polar surface area (TPSA) is 20.2 Å². The lowest BCUT2D eigenvalue weighted by atomic mass is 9.48. The molecule has 0 unspecified atom stereocenters. The van der Waals surface area contributed by atoms with Crippen LogP contribution in [0.4, 0.5) is 0 Å². The minimum Gasteiger partial charge on any atom is -0.392 e. The van der Waals surface area contributed by atoms with Crippen LogP contribution < -0.4 is 0 Å². The molecule has 0 heterocycles. The van der Waals surface area contributed by atoms with E-state index in [4.69, 9.17) is 0 Å². The van der Waals surface area contributed by atoms with Crippen molar-refractivity contribution in [2.24, 2.45) is 28.6 Å². The number of fused-ring (bicyclic) bond motifs is 5. The van der Waals surface area contributed by atoms with Crippen molar-refractivity contribution in [2.75, 3.05) is 6.61 Å². The highest BCUT2D eigenvalue weighted by atomic mass is 16.3. The highest BCUT2D eigenvalue weighted by Gasteiger charge is 2.54. The maximum atomic E-state index is 9.46. The number of hydrogen-bond acceptors (Lipinski definition) is 1. The summed E-state index contributed by atoms with van der Waals surface area (Å²) in [5.74, 6) is 2.81. The van der Waals surface area contributed by atoms with E-state index in [0.717, 1.165) is 24.2 Å². The van der Waals surface area contributed by atoms with Crippen LogP contribution in [-0.4, -0.2) is 11.7 Å². The third-order valence-electron chi connectivity index (χ3n) is 7.83. The van der Waals surface area contributed by atoms with Gasteiger partial charge in [-0.1, -0.05) is 32.4 Å². The van der Waals surface area contributed by atoms with Crippen molar-refractivity contribution < 1.29 is 5.11 Å². The van der Waals surface area contributed by atoms with E-state index < -0.39 is 0 Å². The number of aliphatic hydroxyl groups is 1. The molecule has 21 heavy (non-hydrogen) atoms. The van der Waals surface area contributed by atoms with E-state index >= 15 is 0 Å². The Hall–Kier alpha value is -0.560. The van der Waals surface area contributed by atoms with Crippen LogP contribution in [-0.2, 0) is 0 Å². The first-order chi connectivity index (χ1) is 10.1. The Morgan fingerprint density at radius 2 is 2.00 bits per heavy atom. The summed E-state index contributed by atoms with van der Waals surface area (Å²) in [5.41, 5.74) is 3.86. The minimum absolute atomic E-state index is 0.252. The van der Waals surface area contributed by atoms with Gasteiger partial charge in [-0.15, -0.1) is 0 Å². The third-order valence-corrected chi connectivity index (χ3v) is 7.83. The van der Waals surface area contributed by atoms with Gasteiger partial charge in [-0.3, -0.25) is 0 Å². The Bertz CT molecular complexity index is 502. The summed E-state index contributed by atoms with van der Waals surface area (Å²) in [5, 5.41) is 9.46. The standard InChI is InChI=1S/C20H30O/c1-19-9-3-4-17(19)16-6-5-15-12-14(13-21)7-11-20(15,2)18(16)8-10-19/h5,12,16-18,21H,3-4,6-11,13H2,1-2H3/t16-,17-,18-,19-,20-/m0/s1. The molecule has 0 saturated heterocycles. The summed E-state index contributed by atoms with van der Waals surface area (Å²) in [7, 11) is 0. The summed E-state index contributed by atoms with van der Waals surface area (Å²) in [6, 6.07) is 0. The van der Waals surface area contributed by atoms with Gasteiger partial charge in [0.1, 0.15) is 0 Å². The molecule has 1 heteroatoms. The molecular weight excluding hydrogens is 256 g/mol. The largest absolute Gasteiger partial charge is 0.392 e. The lowest BCUT2D eigenvalue weighted by Gasteiger charge is -2.56. The number of aliphatic hydroxyl groups excluding tert-OH is 1. The maximum Gasteiger partial charge on any atom is 0.0644 e. The van der Waals surface area contributed by atoms with Gasteiger partial charge in [-0.2, -0.15) is 0 Å². The van der Waals surface area contributed by atoms with E-state index in [-0.39, 0.29) is 6.61 Å². The second kappa shape index (κ2) is 4.72. The Morgan fingerprint density at radius 1 is 1.14 bits per heavy atom. The monoisotopic (exact) mass is 286 g/mol. The molecule has 4 rings (SSSR count). The van der Waals surface area contributed by atoms with Crippen LogP contribution in [0.15, 0.2) is 23.3 Å². The van der Waals surface area contributed by atoms with E-state index in [1.165, 1.54) is 50.5 Å². The second-order valence-corrected chi connectivity index (χ2v) is 8.74. The van der Waals surface area contributed by atoms with Gasteiger partial charge in [0.05, 0.1) is 6.61 Å². The van der Waals surface area contributed by atoms with Gasteiger partial charge in [0, 0.05) is 0 Å². The fourth-order valence-electron chi connectivity index (χ4n) is 6.50. The highest BCUT2D eigenvalue weighted by Crippen LogP contribution is 2.64. The van der Waals surface area contributed by atoms with Crippen LogP contribution in [0, 0.1) is 28.6 Å². The van der Waals surface area contributed by atoms with Crippen molar-refractivity contribution in [1.82, 2.24) is 0 Å². The summed E-state index contributed by atoms with van der Waals surface area (Å²) in [6.45, 7) is 5.35. The molecule has 116 valence electrons. The van der Waals surface area contributed by atoms with Crippen molar-refractivity contribution in [1.29, 1.82) is 0 Å². The Balaban J connectivity index is 1.70. The number of allylic oxidation sites excluding steroid dienone is 3. The van der Waals surface area contributed by atoms with Crippen molar-refractivity contribution in [3.8, 4) is 0 Å². The SMILES string of the molecule is C[C@@]12CCC[C@H]1[C@@H]1CC=C3C=C(CO)CC[C@]3(C)[C@H]1CC2. The second-order valence-electron chi connectivity index (χ2n) is 8.74. The summed E-state index contributed by atoms with van der Waals surface area (Å²) < 4.78 is 0. The average Bonchev–Trinajstić information content (AvgIpc) is 2.88. The molecule has 2 saturated carbocycles. The molecule has 0 bridgehead atoms. The normalized spacial score (nSPS) is 48.8. The molecule has 0 spiro atoms. The average molecular weight is 286 g/mol. The maximum absolute atomic E-state index is 9.46. The molecule has 1 nitrogen and oxygen atoms in total. The summed E-state index contributed by atoms with van der Waals surface area (Å²) in [6.07, 6.45) is 15.9. The van der Waals surface area contributed by atoms with Crippen LogP contribution in [0.3, 0.4) is 0 Å². The predicted molar refractivity (Wildman–Crippen MR) is 86.9 cm³/mol. The van der Waals surface area contributed by atoms with Crippen LogP contribution in [0.25, 0.3) is 0 Å². The fourth-order valence-corrected chi connectivity index (χ4v) is 6.50. The fraction of sp³-hybridized carbons (Fsp3) is 0.800. The zero-order valence-corrected chi connectivity index (χ0v) is 13.7. The van der Waals surface area contributed by atoms with E-state index in [2.05, 4.69) is 26.0 Å². The molecular formula is C20H30O. The van der Waals surface area contributed by atoms with Crippen molar-refractivity contribution >= 4 is 0 Å². The molecule has 0 aromatic rings. The van der Waals surface area contributed by atoms with Gasteiger partial charge in [0.2, 0.25) is 0 Å². The van der Waals surface area contributed by atoms with Crippen LogP contribution in [0.5, 0.6) is 0 Å². The lowest BCUT2D eigenvalue weighted by Crippen LogP contribution is -2.47. The van der Waals surface area contributed by atoms with Gasteiger partial charge in [-0.05, 0) is 84.7 Å². The molecule has 2 fully saturated rings. The first-order valence-corrected chi connectivity index (χ1v) is 9.08. The van der Waals surface area contributed by atoms with Crippen LogP contribution >= 0.6 is 0 Å². The molecule has 0 aromatic carbocycles. The Morgan fingerprint density at radius 3 is 2.81 bits per heavy atom. The van der Waals surface area contributed by atoms with E-state index in [9.17, 15) is 5.11 Å². The van der Waals surface area contributed by atoms with Gasteiger partial charge >= 0.3 is 0 Å². The zero-order chi connectivity index (χ0) is 14.7. The van der Waals surface area contributed by atoms with E-state index in [1.807, 2.05) is 0 Å². The van der Waals surface area contributed by atoms with Crippen LogP contribution in [0.2, 0.25) is 0 Å². The Kier molecular flexibility index (Phi) is 3.16. The van der Waals surface area contributed by atoms with Crippen molar-refractivity contribution in [3.63, 3.8) is 0 Å². The van der Waals surface area contributed by atoms with Gasteiger partial charge in [-0.25, -0.2) is 0 Å². The summed E-state index contributed by atoms with van der Waals surface area (Å²) in [4.78, 5) is 0. The first kappa shape index (κ1) is 14.1. The van der Waals surface area contributed by atoms with E-state index in [0.29, 0.717) is 10.8 Å². The number of hydrogen-bond donors (Lipinski definition) is 1. The van der Waals surface area contributed by atoms with Gasteiger partial charge in [0.15, 0.2) is 0 Å². The predicted octanol–water partition coefficient (Wildman–Crippen LogP) is 4.87. The van der Waals surface area contributed by atoms with Crippen molar-refractivity contribution in [3.05, 3.63) is 23.3 Å². The van der Waals surface area contributed by atoms with Gasteiger partial charge < -0.3 is 5.11 Å². The molecule has 0 aliphatic heterocycles. The smallest absolute Gasteiger partial charge is 0.0644 e. The number of rotatable bonds is 1. The molecule has 0 amide bonds. The lowest BCUT2D eigenvalue weighted by molar-refractivity contribution is -0.0186. The van der Waals surface area contributed by atoms with Crippen LogP contribution in [0.1, 0.15) is 65.2 Å². The zero-order valence-electron chi connectivity index (χ0n) is 13.7. The molecule has 4 aliphatic rings. The molecule has 0 aromatic heterocycles. The van der Waals surface area contributed by atoms with Crippen molar-refractivity contribution in [2.45, 2.75) is 65.2 Å². The highest BCUT2D eigenvalue weighted by molar-refractivity contribution is 5.37. The van der Waals surface area contributed by atoms with E-state index in [1.54, 1.807) is 5.57 Å². The molecule has 0 radical (unpaired) electrons. The molecule has 1 N–H and O–H groups in total. The quantitative estimate of drug-likeness (QED) is 0.729. The third kappa shape index (κ3) is 1.92.